The number of fused-ring (bicyclic) bond motifs is 1. The minimum absolute atomic E-state index is 0.193. The van der Waals surface area contributed by atoms with E-state index in [0.717, 1.165) is 11.3 Å². The molecule has 0 saturated carbocycles. The van der Waals surface area contributed by atoms with E-state index in [1.54, 1.807) is 24.7 Å². The van der Waals surface area contributed by atoms with Crippen LogP contribution in [0.2, 0.25) is 0 Å². The van der Waals surface area contributed by atoms with Crippen LogP contribution >= 0.6 is 0 Å². The highest BCUT2D eigenvalue weighted by atomic mass is 19.1. The average Bonchev–Trinajstić information content (AvgIpc) is 3.25. The van der Waals surface area contributed by atoms with Gasteiger partial charge in [0.1, 0.15) is 11.9 Å². The van der Waals surface area contributed by atoms with Crippen LogP contribution < -0.4 is 10.2 Å². The van der Waals surface area contributed by atoms with Gasteiger partial charge < -0.3 is 14.6 Å². The molecule has 1 saturated heterocycles. The molecule has 4 rings (SSSR count). The van der Waals surface area contributed by atoms with Gasteiger partial charge >= 0.3 is 6.09 Å². The highest BCUT2D eigenvalue weighted by Crippen LogP contribution is 2.30. The van der Waals surface area contributed by atoms with E-state index < -0.39 is 12.2 Å². The average molecular weight is 370 g/mol. The van der Waals surface area contributed by atoms with Crippen LogP contribution in [-0.2, 0) is 22.5 Å². The van der Waals surface area contributed by atoms with Crippen LogP contribution in [0.4, 0.5) is 14.9 Å². The van der Waals surface area contributed by atoms with Crippen molar-refractivity contribution in [1.29, 1.82) is 0 Å². The van der Waals surface area contributed by atoms with E-state index in [4.69, 9.17) is 4.74 Å². The van der Waals surface area contributed by atoms with Gasteiger partial charge in [-0.3, -0.25) is 9.69 Å². The first-order valence-corrected chi connectivity index (χ1v) is 8.72. The zero-order valence-electron chi connectivity index (χ0n) is 14.8. The number of ether oxygens (including phenoxy) is 1. The number of nitrogens with one attached hydrogen (secondary N) is 1. The van der Waals surface area contributed by atoms with Gasteiger partial charge in [0.2, 0.25) is 5.91 Å². The fourth-order valence-corrected chi connectivity index (χ4v) is 3.37. The molecule has 3 heterocycles. The van der Waals surface area contributed by atoms with Gasteiger partial charge in [0.05, 0.1) is 25.1 Å². The maximum absolute atomic E-state index is 14.8. The molecule has 27 heavy (non-hydrogen) atoms. The van der Waals surface area contributed by atoms with Crippen LogP contribution in [0.15, 0.2) is 36.8 Å². The number of carbonyl (C=O) groups excluding carboxylic acids is 2. The fraction of sp³-hybridized carbons (Fsp3) is 0.316. The monoisotopic (exact) mass is 370 g/mol. The first-order valence-electron chi connectivity index (χ1n) is 8.72. The van der Waals surface area contributed by atoms with Crippen molar-refractivity contribution >= 4 is 23.3 Å². The summed E-state index contributed by atoms with van der Waals surface area (Å²) >= 11 is 0. The molecule has 0 unspecified atom stereocenters. The van der Waals surface area contributed by atoms with Gasteiger partial charge in [-0.1, -0.05) is 6.08 Å². The molecule has 2 aliphatic rings. The number of rotatable bonds is 4. The van der Waals surface area contributed by atoms with Crippen LogP contribution in [0.1, 0.15) is 18.2 Å². The quantitative estimate of drug-likeness (QED) is 0.895. The standard InChI is InChI=1S/C19H19FN4O3/c1-12(25)22-9-16-10-24(19(26)27-16)14-2-3-17(18(20)7-14)13-4-5-23-11-21-8-15(23)6-13/h2-4,7-8,11,16H,5-6,9-10H2,1H3,(H,22,25)/t16-/m0/s1. The maximum atomic E-state index is 14.8. The molecule has 1 atom stereocenters. The van der Waals surface area contributed by atoms with Crippen LogP contribution in [0.25, 0.3) is 5.57 Å². The van der Waals surface area contributed by atoms with Crippen LogP contribution in [0, 0.1) is 5.82 Å². The molecule has 0 aliphatic carbocycles. The van der Waals surface area contributed by atoms with Gasteiger partial charge in [-0.2, -0.15) is 0 Å². The lowest BCUT2D eigenvalue weighted by Gasteiger charge is -2.18. The smallest absolute Gasteiger partial charge is 0.414 e. The van der Waals surface area contributed by atoms with E-state index >= 15 is 0 Å². The van der Waals surface area contributed by atoms with Gasteiger partial charge in [0.15, 0.2) is 0 Å². The lowest BCUT2D eigenvalue weighted by Crippen LogP contribution is -2.33. The number of anilines is 1. The topological polar surface area (TPSA) is 76.5 Å². The van der Waals surface area contributed by atoms with Crippen molar-refractivity contribution in [3.05, 3.63) is 53.9 Å². The summed E-state index contributed by atoms with van der Waals surface area (Å²) in [6.07, 6.45) is 5.15. The van der Waals surface area contributed by atoms with Crippen molar-refractivity contribution in [3.63, 3.8) is 0 Å². The van der Waals surface area contributed by atoms with Crippen LogP contribution in [0.3, 0.4) is 0 Å². The Bertz CT molecular complexity index is 937. The summed E-state index contributed by atoms with van der Waals surface area (Å²) in [6.45, 7) is 2.56. The second kappa shape index (κ2) is 6.86. The molecule has 1 aromatic carbocycles. The number of hydrogen-bond acceptors (Lipinski definition) is 4. The Labute approximate surface area is 155 Å². The molecular weight excluding hydrogens is 351 g/mol. The fourth-order valence-electron chi connectivity index (χ4n) is 3.37. The minimum atomic E-state index is -0.543. The zero-order valence-corrected chi connectivity index (χ0v) is 14.8. The third-order valence-electron chi connectivity index (χ3n) is 4.77. The molecule has 8 heteroatoms. The molecule has 7 nitrogen and oxygen atoms in total. The molecule has 0 bridgehead atoms. The third-order valence-corrected chi connectivity index (χ3v) is 4.77. The summed E-state index contributed by atoms with van der Waals surface area (Å²) in [5.41, 5.74) is 2.90. The Kier molecular flexibility index (Phi) is 4.39. The molecule has 2 aromatic rings. The molecule has 2 amide bonds. The molecule has 0 spiro atoms. The number of hydrogen-bond donors (Lipinski definition) is 1. The molecule has 0 radical (unpaired) electrons. The van der Waals surface area contributed by atoms with Crippen LogP contribution in [0.5, 0.6) is 0 Å². The Morgan fingerprint density at radius 1 is 1.44 bits per heavy atom. The van der Waals surface area contributed by atoms with Gasteiger partial charge in [-0.15, -0.1) is 0 Å². The largest absolute Gasteiger partial charge is 0.442 e. The number of allylic oxidation sites excluding steroid dienone is 2. The number of halogens is 1. The van der Waals surface area contributed by atoms with E-state index in [0.29, 0.717) is 24.2 Å². The Morgan fingerprint density at radius 2 is 2.30 bits per heavy atom. The maximum Gasteiger partial charge on any atom is 0.414 e. The number of imidazole rings is 1. The highest BCUT2D eigenvalue weighted by molar-refractivity contribution is 5.90. The predicted octanol–water partition coefficient (Wildman–Crippen LogP) is 2.12. The van der Waals surface area contributed by atoms with Crippen molar-refractivity contribution < 1.29 is 18.7 Å². The van der Waals surface area contributed by atoms with Crippen molar-refractivity contribution in [2.45, 2.75) is 26.0 Å². The van der Waals surface area contributed by atoms with Crippen molar-refractivity contribution in [2.24, 2.45) is 0 Å². The SMILES string of the molecule is CC(=O)NC[C@H]1CN(c2ccc(C3=CCn4cncc4C3)c(F)c2)C(=O)O1. The van der Waals surface area contributed by atoms with Gasteiger partial charge in [0, 0.05) is 37.3 Å². The lowest BCUT2D eigenvalue weighted by atomic mass is 9.98. The van der Waals surface area contributed by atoms with E-state index in [1.165, 1.54) is 17.9 Å². The van der Waals surface area contributed by atoms with E-state index in [-0.39, 0.29) is 24.8 Å². The van der Waals surface area contributed by atoms with E-state index in [9.17, 15) is 14.0 Å². The second-order valence-corrected chi connectivity index (χ2v) is 6.66. The minimum Gasteiger partial charge on any atom is -0.442 e. The van der Waals surface area contributed by atoms with E-state index in [2.05, 4.69) is 10.3 Å². The zero-order chi connectivity index (χ0) is 19.0. The Morgan fingerprint density at radius 3 is 3.07 bits per heavy atom. The van der Waals surface area contributed by atoms with Crippen molar-refractivity contribution in [1.82, 2.24) is 14.9 Å². The number of nitrogens with zero attached hydrogens (tertiary/aromatic N) is 3. The molecule has 140 valence electrons. The summed E-state index contributed by atoms with van der Waals surface area (Å²) in [4.78, 5) is 28.6. The first kappa shape index (κ1) is 17.3. The van der Waals surface area contributed by atoms with E-state index in [1.807, 2.05) is 10.6 Å². The number of benzene rings is 1. The first-order chi connectivity index (χ1) is 13.0. The summed E-state index contributed by atoms with van der Waals surface area (Å²) in [6, 6.07) is 4.76. The predicted molar refractivity (Wildman–Crippen MR) is 96.6 cm³/mol. The molecular formula is C19H19FN4O3. The molecule has 2 aliphatic heterocycles. The Hall–Kier alpha value is -3.16. The van der Waals surface area contributed by atoms with Gasteiger partial charge in [-0.25, -0.2) is 14.2 Å². The lowest BCUT2D eigenvalue weighted by molar-refractivity contribution is -0.119. The van der Waals surface area contributed by atoms with Gasteiger partial charge in [0.25, 0.3) is 0 Å². The van der Waals surface area contributed by atoms with Crippen LogP contribution in [-0.4, -0.2) is 40.7 Å². The van der Waals surface area contributed by atoms with Crippen molar-refractivity contribution in [2.75, 3.05) is 18.0 Å². The highest BCUT2D eigenvalue weighted by Gasteiger charge is 2.32. The summed E-state index contributed by atoms with van der Waals surface area (Å²) < 4.78 is 22.0. The number of aromatic nitrogens is 2. The number of amides is 2. The van der Waals surface area contributed by atoms with Crippen molar-refractivity contribution in [3.8, 4) is 0 Å². The normalized spacial score (nSPS) is 18.7. The summed E-state index contributed by atoms with van der Waals surface area (Å²) in [5, 5.41) is 2.62. The second-order valence-electron chi connectivity index (χ2n) is 6.66. The third kappa shape index (κ3) is 3.42. The number of carbonyl (C=O) groups is 2. The molecule has 1 fully saturated rings. The number of cyclic esters (lactones) is 1. The Balaban J connectivity index is 1.50. The van der Waals surface area contributed by atoms with Gasteiger partial charge in [-0.05, 0) is 23.8 Å². The summed E-state index contributed by atoms with van der Waals surface area (Å²) in [7, 11) is 0. The molecule has 1 aromatic heterocycles. The molecule has 1 N–H and O–H groups in total. The summed E-state index contributed by atoms with van der Waals surface area (Å²) in [5.74, 6) is -0.577.